The first-order valence-corrected chi connectivity index (χ1v) is 7.18. The molecule has 0 bridgehead atoms. The molecule has 0 aliphatic heterocycles. The van der Waals surface area contributed by atoms with E-state index in [2.05, 4.69) is 5.32 Å². The number of aliphatic carboxylic acids is 1. The molecule has 0 aliphatic rings. The third-order valence-electron chi connectivity index (χ3n) is 2.52. The Morgan fingerprint density at radius 2 is 2.09 bits per heavy atom. The van der Waals surface area contributed by atoms with Gasteiger partial charge in [-0.05, 0) is 44.9 Å². The first-order chi connectivity index (χ1) is 10.2. The molecule has 0 saturated heterocycles. The molecule has 0 radical (unpaired) electrons. The average molecular weight is 326 g/mol. The lowest BCUT2D eigenvalue weighted by Gasteiger charge is -2.22. The zero-order chi connectivity index (χ0) is 16.8. The molecule has 22 heavy (non-hydrogen) atoms. The van der Waals surface area contributed by atoms with Gasteiger partial charge in [0.1, 0.15) is 5.60 Å². The van der Waals surface area contributed by atoms with E-state index in [4.69, 9.17) is 21.4 Å². The summed E-state index contributed by atoms with van der Waals surface area (Å²) >= 11 is 5.92. The molecule has 0 aromatic heterocycles. The summed E-state index contributed by atoms with van der Waals surface area (Å²) in [6, 6.07) is 6.64. The van der Waals surface area contributed by atoms with Crippen LogP contribution in [0.4, 0.5) is 4.79 Å². The van der Waals surface area contributed by atoms with Gasteiger partial charge in [-0.2, -0.15) is 0 Å². The Bertz CT molecular complexity index is 564. The summed E-state index contributed by atoms with van der Waals surface area (Å²) in [6.07, 6.45) is 2.21. The summed E-state index contributed by atoms with van der Waals surface area (Å²) in [6.45, 7) is 5.27. The number of halogens is 1. The number of benzene rings is 1. The highest BCUT2D eigenvalue weighted by Crippen LogP contribution is 2.13. The van der Waals surface area contributed by atoms with Crippen LogP contribution in [-0.2, 0) is 16.0 Å². The Balaban J connectivity index is 2.80. The largest absolute Gasteiger partial charge is 0.478 e. The van der Waals surface area contributed by atoms with E-state index >= 15 is 0 Å². The van der Waals surface area contributed by atoms with Gasteiger partial charge in [0.25, 0.3) is 0 Å². The van der Waals surface area contributed by atoms with Gasteiger partial charge in [0.2, 0.25) is 0 Å². The summed E-state index contributed by atoms with van der Waals surface area (Å²) < 4.78 is 5.18. The maximum Gasteiger partial charge on any atom is 0.408 e. The topological polar surface area (TPSA) is 75.6 Å². The van der Waals surface area contributed by atoms with Crippen molar-refractivity contribution in [3.63, 3.8) is 0 Å². The Labute approximate surface area is 134 Å². The standard InChI is InChI=1S/C16H20ClNO4/c1-16(2,3)22-15(21)18-13(7-8-14(19)20)10-11-5-4-6-12(17)9-11/h4-9,13H,10H2,1-3H3,(H,18,21)(H,19,20)/t13-/m1/s1. The number of alkyl carbamates (subject to hydrolysis) is 1. The highest BCUT2D eigenvalue weighted by molar-refractivity contribution is 6.30. The molecule has 0 spiro atoms. The molecule has 5 nitrogen and oxygen atoms in total. The van der Waals surface area contributed by atoms with Crippen LogP contribution in [0.25, 0.3) is 0 Å². The molecule has 120 valence electrons. The van der Waals surface area contributed by atoms with Crippen LogP contribution in [0.2, 0.25) is 5.02 Å². The quantitative estimate of drug-likeness (QED) is 0.813. The van der Waals surface area contributed by atoms with Gasteiger partial charge >= 0.3 is 12.1 Å². The SMILES string of the molecule is CC(C)(C)OC(=O)N[C@H](C=CC(=O)O)Cc1cccc(Cl)c1. The molecule has 0 saturated carbocycles. The first kappa shape index (κ1) is 18.0. The number of nitrogens with one attached hydrogen (secondary N) is 1. The predicted molar refractivity (Wildman–Crippen MR) is 85.1 cm³/mol. The Morgan fingerprint density at radius 3 is 2.64 bits per heavy atom. The maximum absolute atomic E-state index is 11.8. The number of amides is 1. The molecule has 1 aromatic rings. The highest BCUT2D eigenvalue weighted by atomic mass is 35.5. The van der Waals surface area contributed by atoms with E-state index in [0.717, 1.165) is 11.6 Å². The third kappa shape index (κ3) is 7.69. The van der Waals surface area contributed by atoms with E-state index in [0.29, 0.717) is 11.4 Å². The second-order valence-corrected chi connectivity index (χ2v) is 6.22. The number of carbonyl (C=O) groups is 2. The van der Waals surface area contributed by atoms with Crippen molar-refractivity contribution in [1.29, 1.82) is 0 Å². The van der Waals surface area contributed by atoms with E-state index in [-0.39, 0.29) is 0 Å². The summed E-state index contributed by atoms with van der Waals surface area (Å²) in [5.74, 6) is -1.08. The van der Waals surface area contributed by atoms with Crippen LogP contribution in [0.15, 0.2) is 36.4 Å². The van der Waals surface area contributed by atoms with E-state index < -0.39 is 23.7 Å². The van der Waals surface area contributed by atoms with Crippen LogP contribution in [0.1, 0.15) is 26.3 Å². The molecule has 1 atom stereocenters. The lowest BCUT2D eigenvalue weighted by Crippen LogP contribution is -2.39. The molecule has 0 aliphatic carbocycles. The first-order valence-electron chi connectivity index (χ1n) is 6.81. The van der Waals surface area contributed by atoms with E-state index in [9.17, 15) is 9.59 Å². The van der Waals surface area contributed by atoms with Crippen molar-refractivity contribution in [2.45, 2.75) is 38.8 Å². The molecule has 0 unspecified atom stereocenters. The van der Waals surface area contributed by atoms with E-state index in [1.165, 1.54) is 6.08 Å². The molecule has 2 N–H and O–H groups in total. The fourth-order valence-electron chi connectivity index (χ4n) is 1.74. The summed E-state index contributed by atoms with van der Waals surface area (Å²) in [5, 5.41) is 12.0. The number of carbonyl (C=O) groups excluding carboxylic acids is 1. The van der Waals surface area contributed by atoms with Crippen molar-refractivity contribution in [1.82, 2.24) is 5.32 Å². The van der Waals surface area contributed by atoms with Crippen LogP contribution in [0, 0.1) is 0 Å². The predicted octanol–water partition coefficient (Wildman–Crippen LogP) is 3.42. The zero-order valence-electron chi connectivity index (χ0n) is 12.8. The van der Waals surface area contributed by atoms with Crippen molar-refractivity contribution in [3.8, 4) is 0 Å². The van der Waals surface area contributed by atoms with Crippen molar-refractivity contribution >= 4 is 23.7 Å². The monoisotopic (exact) mass is 325 g/mol. The minimum Gasteiger partial charge on any atom is -0.478 e. The van der Waals surface area contributed by atoms with Gasteiger partial charge in [-0.15, -0.1) is 0 Å². The highest BCUT2D eigenvalue weighted by Gasteiger charge is 2.18. The number of ether oxygens (including phenoxy) is 1. The number of carboxylic acid groups (broad SMARTS) is 1. The number of rotatable bonds is 5. The molecule has 6 heteroatoms. The van der Waals surface area contributed by atoms with E-state index in [1.807, 2.05) is 6.07 Å². The van der Waals surface area contributed by atoms with Gasteiger partial charge in [-0.1, -0.05) is 29.8 Å². The van der Waals surface area contributed by atoms with Gasteiger partial charge in [0.05, 0.1) is 6.04 Å². The van der Waals surface area contributed by atoms with Crippen LogP contribution < -0.4 is 5.32 Å². The molecular formula is C16H20ClNO4. The second kappa shape index (κ2) is 7.84. The van der Waals surface area contributed by atoms with Crippen molar-refractivity contribution < 1.29 is 19.4 Å². The average Bonchev–Trinajstić information content (AvgIpc) is 2.33. The molecule has 1 aromatic carbocycles. The molecule has 1 amide bonds. The normalized spacial score (nSPS) is 12.9. The Hall–Kier alpha value is -2.01. The van der Waals surface area contributed by atoms with Crippen LogP contribution in [0.3, 0.4) is 0 Å². The van der Waals surface area contributed by atoms with Crippen molar-refractivity contribution in [3.05, 3.63) is 47.0 Å². The van der Waals surface area contributed by atoms with Crippen molar-refractivity contribution in [2.24, 2.45) is 0 Å². The third-order valence-corrected chi connectivity index (χ3v) is 2.75. The molecule has 0 heterocycles. The van der Waals surface area contributed by atoms with Crippen LogP contribution >= 0.6 is 11.6 Å². The van der Waals surface area contributed by atoms with Gasteiger partial charge in [-0.25, -0.2) is 9.59 Å². The Morgan fingerprint density at radius 1 is 1.41 bits per heavy atom. The van der Waals surface area contributed by atoms with Gasteiger partial charge in [0.15, 0.2) is 0 Å². The minimum absolute atomic E-state index is 0.406. The molecular weight excluding hydrogens is 306 g/mol. The number of hydrogen-bond acceptors (Lipinski definition) is 3. The fourth-order valence-corrected chi connectivity index (χ4v) is 1.96. The fraction of sp³-hybridized carbons (Fsp3) is 0.375. The van der Waals surface area contributed by atoms with Crippen LogP contribution in [0.5, 0.6) is 0 Å². The summed E-state index contributed by atoms with van der Waals surface area (Å²) in [7, 11) is 0. The minimum atomic E-state index is -1.08. The second-order valence-electron chi connectivity index (χ2n) is 5.78. The lowest BCUT2D eigenvalue weighted by molar-refractivity contribution is -0.131. The maximum atomic E-state index is 11.8. The van der Waals surface area contributed by atoms with Crippen LogP contribution in [-0.4, -0.2) is 28.8 Å². The summed E-state index contributed by atoms with van der Waals surface area (Å²) in [4.78, 5) is 22.5. The number of carboxylic acids is 1. The number of hydrogen-bond donors (Lipinski definition) is 2. The van der Waals surface area contributed by atoms with Crippen molar-refractivity contribution in [2.75, 3.05) is 0 Å². The Kier molecular flexibility index (Phi) is 6.43. The molecule has 1 rings (SSSR count). The molecule has 0 fully saturated rings. The lowest BCUT2D eigenvalue weighted by atomic mass is 10.1. The smallest absolute Gasteiger partial charge is 0.408 e. The summed E-state index contributed by atoms with van der Waals surface area (Å²) in [5.41, 5.74) is 0.255. The van der Waals surface area contributed by atoms with Gasteiger partial charge in [0, 0.05) is 11.1 Å². The van der Waals surface area contributed by atoms with Gasteiger partial charge in [-0.3, -0.25) is 0 Å². The zero-order valence-corrected chi connectivity index (χ0v) is 13.6. The van der Waals surface area contributed by atoms with E-state index in [1.54, 1.807) is 39.0 Å². The van der Waals surface area contributed by atoms with Gasteiger partial charge < -0.3 is 15.2 Å².